The molecule has 0 heterocycles. The van der Waals surface area contributed by atoms with E-state index in [1.807, 2.05) is 0 Å². The fourth-order valence-corrected chi connectivity index (χ4v) is 3.61. The summed E-state index contributed by atoms with van der Waals surface area (Å²) in [5, 5.41) is 0. The highest BCUT2D eigenvalue weighted by molar-refractivity contribution is 9.10. The zero-order chi connectivity index (χ0) is 15.7. The summed E-state index contributed by atoms with van der Waals surface area (Å²) >= 11 is 3.22. The predicted molar refractivity (Wildman–Crippen MR) is 84.4 cm³/mol. The molecule has 0 unspecified atom stereocenters. The minimum absolute atomic E-state index is 0.0970. The molecule has 1 N–H and O–H groups in total. The van der Waals surface area contributed by atoms with Crippen LogP contribution in [0.1, 0.15) is 0 Å². The van der Waals surface area contributed by atoms with Crippen LogP contribution in [-0.4, -0.2) is 16.8 Å². The van der Waals surface area contributed by atoms with Gasteiger partial charge < -0.3 is 0 Å². The van der Waals surface area contributed by atoms with Crippen LogP contribution in [0.4, 0.5) is 5.69 Å². The van der Waals surface area contributed by atoms with Crippen molar-refractivity contribution in [2.24, 2.45) is 0 Å². The Morgan fingerprint density at radius 2 is 1.29 bits per heavy atom. The third-order valence-corrected chi connectivity index (χ3v) is 5.81. The van der Waals surface area contributed by atoms with Gasteiger partial charge in [0.2, 0.25) is 0 Å². The summed E-state index contributed by atoms with van der Waals surface area (Å²) in [4.78, 5) is -0.00417. The van der Waals surface area contributed by atoms with Crippen molar-refractivity contribution < 1.29 is 16.8 Å². The maximum atomic E-state index is 12.1. The summed E-state index contributed by atoms with van der Waals surface area (Å²) in [5.41, 5.74) is 0.238. The second kappa shape index (κ2) is 5.96. The van der Waals surface area contributed by atoms with E-state index in [2.05, 4.69) is 20.7 Å². The molecule has 0 aliphatic carbocycles. The van der Waals surface area contributed by atoms with Gasteiger partial charge in [-0.1, -0.05) is 15.9 Å². The first-order valence-corrected chi connectivity index (χ1v) is 10.1. The molecule has 0 aliphatic heterocycles. The maximum absolute atomic E-state index is 12.1. The van der Waals surface area contributed by atoms with E-state index in [0.29, 0.717) is 0 Å². The molecule has 0 spiro atoms. The molecular weight excluding hydrogens is 402 g/mol. The fourth-order valence-electron chi connectivity index (χ4n) is 1.51. The Labute approximate surface area is 135 Å². The smallest absolute Gasteiger partial charge is 0.261 e. The van der Waals surface area contributed by atoms with Crippen LogP contribution < -0.4 is 4.72 Å². The summed E-state index contributed by atoms with van der Waals surface area (Å²) in [5.74, 6) is 0. The van der Waals surface area contributed by atoms with Gasteiger partial charge in [-0.25, -0.2) is 16.8 Å². The highest BCUT2D eigenvalue weighted by Crippen LogP contribution is 2.21. The highest BCUT2D eigenvalue weighted by Gasteiger charge is 2.15. The second-order valence-electron chi connectivity index (χ2n) is 4.02. The molecule has 0 atom stereocenters. The second-order valence-corrected chi connectivity index (χ2v) is 9.19. The normalized spacial score (nSPS) is 12.1. The molecule has 2 rings (SSSR count). The van der Waals surface area contributed by atoms with E-state index in [0.717, 1.165) is 4.47 Å². The molecule has 0 amide bonds. The number of anilines is 1. The van der Waals surface area contributed by atoms with Crippen LogP contribution in [0.3, 0.4) is 0 Å². The lowest BCUT2D eigenvalue weighted by molar-refractivity contribution is 0.601. The fraction of sp³-hybridized carbons (Fsp3) is 0. The van der Waals surface area contributed by atoms with Crippen molar-refractivity contribution >= 4 is 51.4 Å². The number of sulfonamides is 1. The molecule has 2 aromatic rings. The first kappa shape index (κ1) is 16.3. The largest absolute Gasteiger partial charge is 0.280 e. The van der Waals surface area contributed by atoms with E-state index in [1.165, 1.54) is 36.4 Å². The van der Waals surface area contributed by atoms with E-state index < -0.39 is 19.1 Å². The average Bonchev–Trinajstić information content (AvgIpc) is 2.38. The molecule has 112 valence electrons. The van der Waals surface area contributed by atoms with Gasteiger partial charge in [0.15, 0.2) is 0 Å². The third-order valence-electron chi connectivity index (χ3n) is 2.51. The molecule has 2 aromatic carbocycles. The van der Waals surface area contributed by atoms with Crippen LogP contribution in [0.25, 0.3) is 0 Å². The highest BCUT2D eigenvalue weighted by atomic mass is 79.9. The molecule has 5 nitrogen and oxygen atoms in total. The quantitative estimate of drug-likeness (QED) is 0.785. The molecule has 21 heavy (non-hydrogen) atoms. The zero-order valence-electron chi connectivity index (χ0n) is 10.3. The minimum Gasteiger partial charge on any atom is -0.280 e. The Morgan fingerprint density at radius 1 is 0.810 bits per heavy atom. The van der Waals surface area contributed by atoms with Crippen molar-refractivity contribution in [3.8, 4) is 0 Å². The van der Waals surface area contributed by atoms with Crippen LogP contribution in [0, 0.1) is 0 Å². The summed E-state index contributed by atoms with van der Waals surface area (Å²) < 4.78 is 49.6. The molecule has 0 saturated heterocycles. The summed E-state index contributed by atoms with van der Waals surface area (Å²) in [6, 6.07) is 11.2. The molecule has 0 fully saturated rings. The van der Waals surface area contributed by atoms with Gasteiger partial charge in [0, 0.05) is 20.8 Å². The molecule has 0 aliphatic rings. The molecule has 0 bridgehead atoms. The van der Waals surface area contributed by atoms with E-state index in [1.54, 1.807) is 12.1 Å². The van der Waals surface area contributed by atoms with Gasteiger partial charge in [-0.3, -0.25) is 4.72 Å². The van der Waals surface area contributed by atoms with Crippen LogP contribution in [0.2, 0.25) is 0 Å². The first-order valence-electron chi connectivity index (χ1n) is 5.52. The number of hydrogen-bond donors (Lipinski definition) is 1. The Morgan fingerprint density at radius 3 is 1.76 bits per heavy atom. The number of hydrogen-bond acceptors (Lipinski definition) is 4. The van der Waals surface area contributed by atoms with Crippen LogP contribution in [0.5, 0.6) is 0 Å². The summed E-state index contributed by atoms with van der Waals surface area (Å²) in [6.07, 6.45) is 0. The zero-order valence-corrected chi connectivity index (χ0v) is 14.3. The number of nitrogens with one attached hydrogen (secondary N) is 1. The van der Waals surface area contributed by atoms with Gasteiger partial charge in [-0.2, -0.15) is 0 Å². The van der Waals surface area contributed by atoms with E-state index in [-0.39, 0.29) is 15.5 Å². The maximum Gasteiger partial charge on any atom is 0.261 e. The summed E-state index contributed by atoms with van der Waals surface area (Å²) in [6.45, 7) is 0. The molecule has 0 saturated carbocycles. The van der Waals surface area contributed by atoms with Crippen molar-refractivity contribution in [1.82, 2.24) is 0 Å². The van der Waals surface area contributed by atoms with Gasteiger partial charge in [0.05, 0.1) is 9.79 Å². The van der Waals surface area contributed by atoms with Gasteiger partial charge in [0.1, 0.15) is 0 Å². The molecule has 0 radical (unpaired) electrons. The van der Waals surface area contributed by atoms with Crippen molar-refractivity contribution in [3.05, 3.63) is 53.0 Å². The lowest BCUT2D eigenvalue weighted by Gasteiger charge is -2.08. The van der Waals surface area contributed by atoms with Crippen molar-refractivity contribution in [1.29, 1.82) is 0 Å². The lowest BCUT2D eigenvalue weighted by atomic mass is 10.3. The molecular formula is C12H9BrClNO4S2. The standard InChI is InChI=1S/C12H9BrClNO4S2/c13-9-1-5-12(6-2-9)21(18,19)15-10-3-7-11(8-4-10)20(14,16)17/h1-8,15H. The van der Waals surface area contributed by atoms with Crippen molar-refractivity contribution in [2.45, 2.75) is 9.79 Å². The van der Waals surface area contributed by atoms with Crippen LogP contribution >= 0.6 is 26.6 Å². The van der Waals surface area contributed by atoms with E-state index >= 15 is 0 Å². The number of benzene rings is 2. The Kier molecular flexibility index (Phi) is 4.62. The number of rotatable bonds is 4. The number of halogens is 2. The van der Waals surface area contributed by atoms with Crippen molar-refractivity contribution in [2.75, 3.05) is 4.72 Å². The van der Waals surface area contributed by atoms with Crippen molar-refractivity contribution in [3.63, 3.8) is 0 Å². The van der Waals surface area contributed by atoms with Crippen LogP contribution in [-0.2, 0) is 19.1 Å². The summed E-state index contributed by atoms with van der Waals surface area (Å²) in [7, 11) is -2.38. The predicted octanol–water partition coefficient (Wildman–Crippen LogP) is 3.18. The Balaban J connectivity index is 2.27. The van der Waals surface area contributed by atoms with Gasteiger partial charge in [-0.15, -0.1) is 0 Å². The lowest BCUT2D eigenvalue weighted by Crippen LogP contribution is -2.12. The van der Waals surface area contributed by atoms with Gasteiger partial charge in [-0.05, 0) is 48.5 Å². The Hall–Kier alpha value is -1.09. The topological polar surface area (TPSA) is 80.3 Å². The minimum atomic E-state index is -3.83. The van der Waals surface area contributed by atoms with E-state index in [4.69, 9.17) is 10.7 Å². The van der Waals surface area contributed by atoms with Gasteiger partial charge >= 0.3 is 0 Å². The Bertz CT molecular complexity index is 847. The average molecular weight is 411 g/mol. The molecule has 9 heteroatoms. The van der Waals surface area contributed by atoms with Crippen LogP contribution in [0.15, 0.2) is 62.8 Å². The third kappa shape index (κ3) is 4.19. The molecule has 0 aromatic heterocycles. The van der Waals surface area contributed by atoms with E-state index in [9.17, 15) is 16.8 Å². The first-order chi connectivity index (χ1) is 9.68. The SMILES string of the molecule is O=S(=O)(Cl)c1ccc(NS(=O)(=O)c2ccc(Br)cc2)cc1. The van der Waals surface area contributed by atoms with Gasteiger partial charge in [0.25, 0.3) is 19.1 Å². The monoisotopic (exact) mass is 409 g/mol.